The third-order valence-corrected chi connectivity index (χ3v) is 8.60. The highest BCUT2D eigenvalue weighted by atomic mass is 15.1. The van der Waals surface area contributed by atoms with Gasteiger partial charge < -0.3 is 0 Å². The van der Waals surface area contributed by atoms with E-state index in [0.717, 1.165) is 39.6 Å². The summed E-state index contributed by atoms with van der Waals surface area (Å²) in [5, 5.41) is 5.11. The van der Waals surface area contributed by atoms with Gasteiger partial charge in [-0.3, -0.25) is 4.57 Å². The van der Waals surface area contributed by atoms with Crippen molar-refractivity contribution in [2.45, 2.75) is 6.92 Å². The zero-order valence-electron chi connectivity index (χ0n) is 24.5. The number of hydrogen-bond acceptors (Lipinski definition) is 1. The molecule has 0 saturated carbocycles. The van der Waals surface area contributed by atoms with Gasteiger partial charge in [-0.25, -0.2) is 4.98 Å². The highest BCUT2D eigenvalue weighted by Gasteiger charge is 2.23. The number of nitrogens with zero attached hydrogens (tertiary/aromatic N) is 2. The van der Waals surface area contributed by atoms with Crippen LogP contribution < -0.4 is 0 Å². The van der Waals surface area contributed by atoms with Gasteiger partial charge in [0.2, 0.25) is 0 Å². The van der Waals surface area contributed by atoms with Crippen molar-refractivity contribution in [3.05, 3.63) is 169 Å². The molecule has 0 saturated heterocycles. The summed E-state index contributed by atoms with van der Waals surface area (Å²) in [5.41, 5.74) is 10.2. The van der Waals surface area contributed by atoms with Crippen molar-refractivity contribution in [2.24, 2.45) is 0 Å². The van der Waals surface area contributed by atoms with Crippen LogP contribution in [0.3, 0.4) is 0 Å². The lowest BCUT2D eigenvalue weighted by Gasteiger charge is -2.18. The minimum atomic E-state index is 0.916. The van der Waals surface area contributed by atoms with E-state index in [1.54, 1.807) is 0 Å². The van der Waals surface area contributed by atoms with Gasteiger partial charge in [-0.2, -0.15) is 0 Å². The first-order chi connectivity index (χ1) is 21.8. The molecule has 0 spiro atoms. The summed E-state index contributed by atoms with van der Waals surface area (Å²) in [5.74, 6) is 0.916. The fraction of sp³-hybridized carbons (Fsp3) is 0.0238. The second-order valence-electron chi connectivity index (χ2n) is 11.2. The molecule has 44 heavy (non-hydrogen) atoms. The van der Waals surface area contributed by atoms with Crippen molar-refractivity contribution in [3.8, 4) is 50.7 Å². The van der Waals surface area contributed by atoms with Crippen molar-refractivity contribution < 1.29 is 0 Å². The summed E-state index contributed by atoms with van der Waals surface area (Å²) in [4.78, 5) is 5.38. The van der Waals surface area contributed by atoms with Gasteiger partial charge in [-0.1, -0.05) is 152 Å². The zero-order chi connectivity index (χ0) is 29.5. The molecular weight excluding hydrogens is 532 g/mol. The fourth-order valence-corrected chi connectivity index (χ4v) is 6.57. The zero-order valence-corrected chi connectivity index (χ0v) is 24.5. The fourth-order valence-electron chi connectivity index (χ4n) is 6.57. The monoisotopic (exact) mass is 562 g/mol. The van der Waals surface area contributed by atoms with E-state index >= 15 is 0 Å². The minimum Gasteiger partial charge on any atom is -0.292 e. The van der Waals surface area contributed by atoms with E-state index in [0.29, 0.717) is 0 Å². The Balaban J connectivity index is 1.46. The molecule has 0 amide bonds. The summed E-state index contributed by atoms with van der Waals surface area (Å²) < 4.78 is 2.34. The molecule has 0 bridgehead atoms. The van der Waals surface area contributed by atoms with Gasteiger partial charge in [0.1, 0.15) is 5.82 Å². The van der Waals surface area contributed by atoms with Gasteiger partial charge in [0.25, 0.3) is 0 Å². The first kappa shape index (κ1) is 25.9. The first-order valence-electron chi connectivity index (χ1n) is 15.1. The van der Waals surface area contributed by atoms with Crippen LogP contribution in [-0.4, -0.2) is 9.55 Å². The van der Waals surface area contributed by atoms with Gasteiger partial charge in [0, 0.05) is 22.4 Å². The summed E-state index contributed by atoms with van der Waals surface area (Å²) in [7, 11) is 0. The first-order valence-corrected chi connectivity index (χ1v) is 15.1. The van der Waals surface area contributed by atoms with Crippen LogP contribution in [0.25, 0.3) is 72.3 Å². The third kappa shape index (κ3) is 4.31. The molecule has 0 aliphatic carbocycles. The van der Waals surface area contributed by atoms with Crippen molar-refractivity contribution in [2.75, 3.05) is 0 Å². The molecule has 0 aliphatic heterocycles. The number of aryl methyl sites for hydroxylation is 1. The van der Waals surface area contributed by atoms with E-state index in [2.05, 4.69) is 175 Å². The Morgan fingerprint density at radius 1 is 0.432 bits per heavy atom. The van der Waals surface area contributed by atoms with Gasteiger partial charge in [-0.05, 0) is 57.3 Å². The molecule has 0 atom stereocenters. The molecule has 0 radical (unpaired) electrons. The molecule has 1 aromatic heterocycles. The lowest BCUT2D eigenvalue weighted by Crippen LogP contribution is -2.01. The Hall–Kier alpha value is -5.73. The molecule has 0 N–H and O–H groups in total. The van der Waals surface area contributed by atoms with Crippen molar-refractivity contribution >= 4 is 21.5 Å². The average Bonchev–Trinajstić information content (AvgIpc) is 3.51. The number of hydrogen-bond donors (Lipinski definition) is 0. The van der Waals surface area contributed by atoms with Crippen LogP contribution in [0.1, 0.15) is 5.56 Å². The number of benzene rings is 7. The predicted molar refractivity (Wildman–Crippen MR) is 185 cm³/mol. The number of fused-ring (bicyclic) bond motifs is 2. The Labute approximate surface area is 257 Å². The Bertz CT molecular complexity index is 2210. The summed E-state index contributed by atoms with van der Waals surface area (Å²) in [6, 6.07) is 58.2. The lowest BCUT2D eigenvalue weighted by atomic mass is 9.89. The van der Waals surface area contributed by atoms with E-state index in [-0.39, 0.29) is 0 Å². The van der Waals surface area contributed by atoms with Gasteiger partial charge in [0.05, 0.1) is 11.4 Å². The molecule has 2 heteroatoms. The van der Waals surface area contributed by atoms with E-state index in [1.165, 1.54) is 38.2 Å². The van der Waals surface area contributed by atoms with Crippen LogP contribution in [0.15, 0.2) is 164 Å². The molecule has 7 aromatic carbocycles. The highest BCUT2D eigenvalue weighted by molar-refractivity contribution is 6.15. The summed E-state index contributed by atoms with van der Waals surface area (Å²) in [6.45, 7) is 2.24. The molecule has 2 nitrogen and oxygen atoms in total. The topological polar surface area (TPSA) is 17.8 Å². The summed E-state index contributed by atoms with van der Waals surface area (Å²) in [6.07, 6.45) is 0. The van der Waals surface area contributed by atoms with E-state index in [1.807, 2.05) is 0 Å². The Kier molecular flexibility index (Phi) is 6.39. The second kappa shape index (κ2) is 10.8. The molecule has 1 heterocycles. The normalized spacial score (nSPS) is 11.3. The number of imidazole rings is 1. The Morgan fingerprint density at radius 3 is 1.50 bits per heavy atom. The smallest absolute Gasteiger partial charge is 0.145 e. The molecular formula is C42H30N2. The van der Waals surface area contributed by atoms with Crippen LogP contribution in [0, 0.1) is 6.92 Å². The number of rotatable bonds is 5. The minimum absolute atomic E-state index is 0.916. The molecule has 8 aromatic rings. The molecule has 208 valence electrons. The van der Waals surface area contributed by atoms with Crippen LogP contribution >= 0.6 is 0 Å². The van der Waals surface area contributed by atoms with Crippen LogP contribution in [0.4, 0.5) is 0 Å². The van der Waals surface area contributed by atoms with Crippen LogP contribution in [0.2, 0.25) is 0 Å². The maximum absolute atomic E-state index is 5.38. The van der Waals surface area contributed by atoms with Gasteiger partial charge in [0.15, 0.2) is 0 Å². The summed E-state index contributed by atoms with van der Waals surface area (Å²) >= 11 is 0. The van der Waals surface area contributed by atoms with Crippen molar-refractivity contribution in [1.82, 2.24) is 9.55 Å². The van der Waals surface area contributed by atoms with Crippen molar-refractivity contribution in [3.63, 3.8) is 0 Å². The lowest BCUT2D eigenvalue weighted by molar-refractivity contribution is 1.07. The maximum atomic E-state index is 5.38. The van der Waals surface area contributed by atoms with Crippen LogP contribution in [0.5, 0.6) is 0 Å². The van der Waals surface area contributed by atoms with Gasteiger partial charge in [-0.15, -0.1) is 0 Å². The maximum Gasteiger partial charge on any atom is 0.145 e. The Morgan fingerprint density at radius 2 is 0.909 bits per heavy atom. The molecule has 0 unspecified atom stereocenters. The predicted octanol–water partition coefficient (Wildman–Crippen LogP) is 11.2. The van der Waals surface area contributed by atoms with E-state index < -0.39 is 0 Å². The van der Waals surface area contributed by atoms with E-state index in [4.69, 9.17) is 4.98 Å². The molecule has 0 fully saturated rings. The highest BCUT2D eigenvalue weighted by Crippen LogP contribution is 2.42. The average molecular weight is 563 g/mol. The van der Waals surface area contributed by atoms with Gasteiger partial charge >= 0.3 is 0 Å². The standard InChI is InChI=1S/C42H30N2/c1-29-35-24-11-13-26-37(35)39(38-27-14-12-25-36(29)38)33-22-15-23-34(28-33)44-41(31-18-7-3-8-19-31)40(30-16-5-2-6-17-30)43-42(44)32-20-9-4-10-21-32/h2-28H,1H3. The van der Waals surface area contributed by atoms with Crippen LogP contribution in [-0.2, 0) is 0 Å². The quantitative estimate of drug-likeness (QED) is 0.191. The second-order valence-corrected chi connectivity index (χ2v) is 11.2. The van der Waals surface area contributed by atoms with Crippen molar-refractivity contribution in [1.29, 1.82) is 0 Å². The van der Waals surface area contributed by atoms with E-state index in [9.17, 15) is 0 Å². The SMILES string of the molecule is Cc1c2ccccc2c(-c2cccc(-n3c(-c4ccccc4)nc(-c4ccccc4)c3-c3ccccc3)c2)c2ccccc12. The molecule has 8 rings (SSSR count). The largest absolute Gasteiger partial charge is 0.292 e. The third-order valence-electron chi connectivity index (χ3n) is 8.60. The number of aromatic nitrogens is 2. The molecule has 0 aliphatic rings.